The van der Waals surface area contributed by atoms with Gasteiger partial charge in [-0.15, -0.1) is 0 Å². The third-order valence-corrected chi connectivity index (χ3v) is 1.46. The first-order chi connectivity index (χ1) is 4.77. The summed E-state index contributed by atoms with van der Waals surface area (Å²) in [5.74, 6) is 0.310. The monoisotopic (exact) mass is 143 g/mol. The molecule has 0 aliphatic rings. The van der Waals surface area contributed by atoms with Crippen molar-refractivity contribution in [3.63, 3.8) is 0 Å². The molecule has 0 atom stereocenters. The highest BCUT2D eigenvalue weighted by molar-refractivity contribution is 5.75. The third-order valence-electron chi connectivity index (χ3n) is 1.46. The Morgan fingerprint density at radius 2 is 2.00 bits per heavy atom. The predicted octanol–water partition coefficient (Wildman–Crippen LogP) is 1.36. The van der Waals surface area contributed by atoms with Gasteiger partial charge in [0.25, 0.3) is 0 Å². The van der Waals surface area contributed by atoms with E-state index >= 15 is 0 Å². The number of carbonyl (C=O) groups excluding carboxylic acids is 1. The van der Waals surface area contributed by atoms with Crippen LogP contribution < -0.4 is 5.32 Å². The fourth-order valence-corrected chi connectivity index (χ4v) is 0.852. The molecule has 0 radical (unpaired) electrons. The van der Waals surface area contributed by atoms with Crippen molar-refractivity contribution in [1.29, 1.82) is 0 Å². The largest absolute Gasteiger partial charge is 0.320 e. The predicted molar refractivity (Wildman–Crippen MR) is 43.1 cm³/mol. The van der Waals surface area contributed by atoms with E-state index in [-0.39, 0.29) is 0 Å². The molecule has 0 aliphatic heterocycles. The molecule has 0 aromatic heterocycles. The summed E-state index contributed by atoms with van der Waals surface area (Å²) in [5.41, 5.74) is 0. The van der Waals surface area contributed by atoms with E-state index in [9.17, 15) is 4.79 Å². The van der Waals surface area contributed by atoms with E-state index in [0.717, 1.165) is 19.4 Å². The van der Waals surface area contributed by atoms with Gasteiger partial charge in [-0.25, -0.2) is 0 Å². The van der Waals surface area contributed by atoms with E-state index in [4.69, 9.17) is 0 Å². The van der Waals surface area contributed by atoms with Crippen molar-refractivity contribution >= 4 is 5.78 Å². The number of ketones is 1. The summed E-state index contributed by atoms with van der Waals surface area (Å²) in [6, 6.07) is 0. The van der Waals surface area contributed by atoms with Gasteiger partial charge < -0.3 is 10.1 Å². The average molecular weight is 143 g/mol. The van der Waals surface area contributed by atoms with Gasteiger partial charge in [-0.05, 0) is 33.4 Å². The molecule has 2 nitrogen and oxygen atoms in total. The van der Waals surface area contributed by atoms with Crippen LogP contribution in [0.25, 0.3) is 0 Å². The lowest BCUT2D eigenvalue weighted by molar-refractivity contribution is -0.117. The molecule has 0 rings (SSSR count). The lowest BCUT2D eigenvalue weighted by atomic mass is 10.1. The van der Waals surface area contributed by atoms with Gasteiger partial charge in [-0.2, -0.15) is 0 Å². The summed E-state index contributed by atoms with van der Waals surface area (Å²) in [5, 5.41) is 3.07. The summed E-state index contributed by atoms with van der Waals surface area (Å²) in [6.07, 6.45) is 4.16. The van der Waals surface area contributed by atoms with Gasteiger partial charge in [-0.1, -0.05) is 6.42 Å². The van der Waals surface area contributed by atoms with Crippen LogP contribution in [0.3, 0.4) is 0 Å². The normalized spacial score (nSPS) is 9.80. The molecule has 2 heteroatoms. The van der Waals surface area contributed by atoms with Gasteiger partial charge in [0.2, 0.25) is 0 Å². The fourth-order valence-electron chi connectivity index (χ4n) is 0.852. The fraction of sp³-hybridized carbons (Fsp3) is 0.875. The summed E-state index contributed by atoms with van der Waals surface area (Å²) in [7, 11) is 1.95. The van der Waals surface area contributed by atoms with Crippen LogP contribution >= 0.6 is 0 Å². The summed E-state index contributed by atoms with van der Waals surface area (Å²) in [4.78, 5) is 10.5. The first-order valence-electron chi connectivity index (χ1n) is 3.91. The van der Waals surface area contributed by atoms with Crippen molar-refractivity contribution in [3.05, 3.63) is 0 Å². The van der Waals surface area contributed by atoms with Gasteiger partial charge in [0.05, 0.1) is 0 Å². The molecule has 0 aliphatic carbocycles. The Kier molecular flexibility index (Phi) is 6.50. The maximum atomic E-state index is 10.5. The van der Waals surface area contributed by atoms with Crippen LogP contribution in [0.1, 0.15) is 32.6 Å². The van der Waals surface area contributed by atoms with E-state index in [1.54, 1.807) is 6.92 Å². The molecule has 0 unspecified atom stereocenters. The van der Waals surface area contributed by atoms with Crippen molar-refractivity contribution < 1.29 is 4.79 Å². The SMILES string of the molecule is CNCCCCCC(C)=O. The number of hydrogen-bond acceptors (Lipinski definition) is 2. The van der Waals surface area contributed by atoms with Gasteiger partial charge in [0.1, 0.15) is 5.78 Å². The van der Waals surface area contributed by atoms with Gasteiger partial charge >= 0.3 is 0 Å². The Labute approximate surface area is 63.0 Å². The maximum absolute atomic E-state index is 10.5. The van der Waals surface area contributed by atoms with Crippen LogP contribution in [0.5, 0.6) is 0 Å². The minimum Gasteiger partial charge on any atom is -0.320 e. The van der Waals surface area contributed by atoms with Crippen LogP contribution in [0.4, 0.5) is 0 Å². The lowest BCUT2D eigenvalue weighted by Gasteiger charge is -1.97. The van der Waals surface area contributed by atoms with Gasteiger partial charge in [0.15, 0.2) is 0 Å². The molecule has 0 saturated heterocycles. The molecule has 0 heterocycles. The van der Waals surface area contributed by atoms with E-state index in [0.29, 0.717) is 5.78 Å². The Hall–Kier alpha value is -0.370. The molecule has 0 fully saturated rings. The van der Waals surface area contributed by atoms with Crippen molar-refractivity contribution in [2.75, 3.05) is 13.6 Å². The number of rotatable bonds is 6. The van der Waals surface area contributed by atoms with E-state index in [1.165, 1.54) is 12.8 Å². The lowest BCUT2D eigenvalue weighted by Crippen LogP contribution is -2.07. The zero-order valence-electron chi connectivity index (χ0n) is 6.94. The molecular weight excluding hydrogens is 126 g/mol. The van der Waals surface area contributed by atoms with Gasteiger partial charge in [0, 0.05) is 6.42 Å². The van der Waals surface area contributed by atoms with Crippen molar-refractivity contribution in [3.8, 4) is 0 Å². The van der Waals surface area contributed by atoms with Crippen LogP contribution in [0, 0.1) is 0 Å². The van der Waals surface area contributed by atoms with E-state index < -0.39 is 0 Å². The first-order valence-corrected chi connectivity index (χ1v) is 3.91. The highest BCUT2D eigenvalue weighted by Crippen LogP contribution is 1.98. The Morgan fingerprint density at radius 1 is 1.30 bits per heavy atom. The first kappa shape index (κ1) is 9.63. The number of unbranched alkanes of at least 4 members (excludes halogenated alkanes) is 2. The minimum atomic E-state index is 0.310. The molecule has 10 heavy (non-hydrogen) atoms. The zero-order valence-corrected chi connectivity index (χ0v) is 6.94. The zero-order chi connectivity index (χ0) is 7.82. The molecule has 0 bridgehead atoms. The molecule has 0 amide bonds. The summed E-state index contributed by atoms with van der Waals surface area (Å²) in [6.45, 7) is 2.72. The van der Waals surface area contributed by atoms with Crippen LogP contribution in [0.2, 0.25) is 0 Å². The Bertz CT molecular complexity index is 91.3. The molecule has 0 saturated carbocycles. The molecular formula is C8H17NO. The van der Waals surface area contributed by atoms with Crippen molar-refractivity contribution in [1.82, 2.24) is 5.32 Å². The van der Waals surface area contributed by atoms with Gasteiger partial charge in [-0.3, -0.25) is 0 Å². The van der Waals surface area contributed by atoms with E-state index in [1.807, 2.05) is 7.05 Å². The summed E-state index contributed by atoms with van der Waals surface area (Å²) < 4.78 is 0. The Morgan fingerprint density at radius 3 is 2.50 bits per heavy atom. The highest BCUT2D eigenvalue weighted by Gasteiger charge is 1.92. The molecule has 0 aromatic carbocycles. The van der Waals surface area contributed by atoms with Crippen molar-refractivity contribution in [2.45, 2.75) is 32.6 Å². The average Bonchev–Trinajstić information content (AvgIpc) is 1.87. The van der Waals surface area contributed by atoms with E-state index in [2.05, 4.69) is 5.32 Å². The van der Waals surface area contributed by atoms with Crippen molar-refractivity contribution in [2.24, 2.45) is 0 Å². The quantitative estimate of drug-likeness (QED) is 0.569. The highest BCUT2D eigenvalue weighted by atomic mass is 16.1. The molecule has 0 spiro atoms. The Balaban J connectivity index is 2.84. The molecule has 60 valence electrons. The number of carbonyl (C=O) groups is 1. The number of nitrogens with one attached hydrogen (secondary N) is 1. The second-order valence-corrected chi connectivity index (χ2v) is 2.62. The smallest absolute Gasteiger partial charge is 0.129 e. The number of Topliss-reactive ketones (excluding diaryl/α,β-unsaturated/α-hetero) is 1. The van der Waals surface area contributed by atoms with Crippen LogP contribution in [0.15, 0.2) is 0 Å². The van der Waals surface area contributed by atoms with Crippen LogP contribution in [-0.2, 0) is 4.79 Å². The maximum Gasteiger partial charge on any atom is 0.129 e. The van der Waals surface area contributed by atoms with Crippen LogP contribution in [-0.4, -0.2) is 19.4 Å². The topological polar surface area (TPSA) is 29.1 Å². The summed E-state index contributed by atoms with van der Waals surface area (Å²) >= 11 is 0. The second-order valence-electron chi connectivity index (χ2n) is 2.62. The standard InChI is InChI=1S/C8H17NO/c1-8(10)6-4-3-5-7-9-2/h9H,3-7H2,1-2H3. The second kappa shape index (κ2) is 6.75. The molecule has 0 aromatic rings. The minimum absolute atomic E-state index is 0.310. The molecule has 1 N–H and O–H groups in total. The third kappa shape index (κ3) is 7.63. The number of hydrogen-bond donors (Lipinski definition) is 1.